The minimum Gasteiger partial charge on any atom is -0.483 e. The van der Waals surface area contributed by atoms with Gasteiger partial charge >= 0.3 is 5.97 Å². The van der Waals surface area contributed by atoms with Crippen molar-refractivity contribution in [1.29, 1.82) is 0 Å². The van der Waals surface area contributed by atoms with E-state index in [1.54, 1.807) is 30.0 Å². The van der Waals surface area contributed by atoms with Gasteiger partial charge in [0.05, 0.1) is 12.5 Å². The highest BCUT2D eigenvalue weighted by Gasteiger charge is 2.29. The molecule has 126 valence electrons. The summed E-state index contributed by atoms with van der Waals surface area (Å²) in [5, 5.41) is 0.634. The number of hydrogen-bond acceptors (Lipinski definition) is 4. The Hall–Kier alpha value is -1.75. The maximum Gasteiger partial charge on any atom is 0.310 e. The van der Waals surface area contributed by atoms with Crippen molar-refractivity contribution in [2.45, 2.75) is 26.7 Å². The lowest BCUT2D eigenvalue weighted by Crippen LogP contribution is -2.44. The second kappa shape index (κ2) is 8.20. The zero-order chi connectivity index (χ0) is 16.8. The number of nitrogens with zero attached hydrogens (tertiary/aromatic N) is 1. The molecule has 0 N–H and O–H groups in total. The fourth-order valence-corrected chi connectivity index (χ4v) is 2.89. The SMILES string of the molecule is CCOC(=O)[C@@H]1CCCN(C(=O)COc2ccc(Cl)cc2C)C1. The number of carbonyl (C=O) groups is 2. The molecular weight excluding hydrogens is 318 g/mol. The van der Waals surface area contributed by atoms with Crippen molar-refractivity contribution in [2.24, 2.45) is 5.92 Å². The molecule has 1 aliphatic rings. The third-order valence-corrected chi connectivity index (χ3v) is 4.12. The van der Waals surface area contributed by atoms with Gasteiger partial charge in [-0.15, -0.1) is 0 Å². The molecule has 0 aromatic heterocycles. The molecule has 0 aliphatic carbocycles. The summed E-state index contributed by atoms with van der Waals surface area (Å²) in [5.74, 6) is 0.0689. The van der Waals surface area contributed by atoms with E-state index in [1.165, 1.54) is 0 Å². The molecule has 0 bridgehead atoms. The minimum absolute atomic E-state index is 0.0436. The molecule has 1 heterocycles. The van der Waals surface area contributed by atoms with Crippen LogP contribution in [0.5, 0.6) is 5.75 Å². The average Bonchev–Trinajstić information content (AvgIpc) is 2.54. The summed E-state index contributed by atoms with van der Waals surface area (Å²) < 4.78 is 10.6. The molecule has 0 spiro atoms. The van der Waals surface area contributed by atoms with E-state index in [-0.39, 0.29) is 24.4 Å². The van der Waals surface area contributed by atoms with Crippen LogP contribution >= 0.6 is 11.6 Å². The Morgan fingerprint density at radius 1 is 1.39 bits per heavy atom. The maximum atomic E-state index is 12.3. The Kier molecular flexibility index (Phi) is 6.28. The summed E-state index contributed by atoms with van der Waals surface area (Å²) in [6, 6.07) is 5.27. The molecule has 5 nitrogen and oxygen atoms in total. The number of hydrogen-bond donors (Lipinski definition) is 0. The van der Waals surface area contributed by atoms with Gasteiger partial charge in [0.2, 0.25) is 0 Å². The average molecular weight is 340 g/mol. The zero-order valence-electron chi connectivity index (χ0n) is 13.5. The van der Waals surface area contributed by atoms with E-state index < -0.39 is 0 Å². The first-order valence-corrected chi connectivity index (χ1v) is 8.22. The number of esters is 1. The van der Waals surface area contributed by atoms with Crippen LogP contribution in [0.4, 0.5) is 0 Å². The number of rotatable bonds is 5. The van der Waals surface area contributed by atoms with E-state index in [2.05, 4.69) is 0 Å². The number of carbonyl (C=O) groups excluding carboxylic acids is 2. The number of benzene rings is 1. The Morgan fingerprint density at radius 3 is 2.87 bits per heavy atom. The second-order valence-electron chi connectivity index (χ2n) is 5.63. The van der Waals surface area contributed by atoms with E-state index >= 15 is 0 Å². The van der Waals surface area contributed by atoms with Crippen molar-refractivity contribution in [3.63, 3.8) is 0 Å². The van der Waals surface area contributed by atoms with Gasteiger partial charge in [0, 0.05) is 18.1 Å². The lowest BCUT2D eigenvalue weighted by atomic mass is 9.98. The van der Waals surface area contributed by atoms with Crippen molar-refractivity contribution < 1.29 is 19.1 Å². The molecule has 1 aromatic rings. The molecule has 1 amide bonds. The van der Waals surface area contributed by atoms with Crippen molar-refractivity contribution in [1.82, 2.24) is 4.90 Å². The lowest BCUT2D eigenvalue weighted by Gasteiger charge is -2.31. The minimum atomic E-state index is -0.232. The highest BCUT2D eigenvalue weighted by Crippen LogP contribution is 2.22. The van der Waals surface area contributed by atoms with Crippen LogP contribution in [0.2, 0.25) is 5.02 Å². The number of ether oxygens (including phenoxy) is 2. The van der Waals surface area contributed by atoms with Gasteiger partial charge < -0.3 is 14.4 Å². The van der Waals surface area contributed by atoms with Crippen LogP contribution in [0.15, 0.2) is 18.2 Å². The van der Waals surface area contributed by atoms with Gasteiger partial charge in [-0.25, -0.2) is 0 Å². The number of piperidine rings is 1. The maximum absolute atomic E-state index is 12.3. The smallest absolute Gasteiger partial charge is 0.310 e. The van der Waals surface area contributed by atoms with Crippen molar-refractivity contribution >= 4 is 23.5 Å². The molecule has 0 saturated carbocycles. The Bertz CT molecular complexity index is 576. The molecule has 1 fully saturated rings. The summed E-state index contributed by atoms with van der Waals surface area (Å²) in [4.78, 5) is 25.8. The van der Waals surface area contributed by atoms with E-state index in [9.17, 15) is 9.59 Å². The van der Waals surface area contributed by atoms with Crippen LogP contribution in [-0.2, 0) is 14.3 Å². The highest BCUT2D eigenvalue weighted by molar-refractivity contribution is 6.30. The fraction of sp³-hybridized carbons (Fsp3) is 0.529. The Labute approximate surface area is 141 Å². The lowest BCUT2D eigenvalue weighted by molar-refractivity contribution is -0.151. The van der Waals surface area contributed by atoms with Crippen LogP contribution in [0.1, 0.15) is 25.3 Å². The van der Waals surface area contributed by atoms with Crippen LogP contribution in [0, 0.1) is 12.8 Å². The van der Waals surface area contributed by atoms with E-state index in [4.69, 9.17) is 21.1 Å². The monoisotopic (exact) mass is 339 g/mol. The molecule has 0 radical (unpaired) electrons. The van der Waals surface area contributed by atoms with Crippen LogP contribution in [0.3, 0.4) is 0 Å². The standard InChI is InChI=1S/C17H22ClNO4/c1-3-22-17(21)13-5-4-8-19(10-13)16(20)11-23-15-7-6-14(18)9-12(15)2/h6-7,9,13H,3-5,8,10-11H2,1-2H3/t13-/m1/s1. The Morgan fingerprint density at radius 2 is 2.17 bits per heavy atom. The molecule has 2 rings (SSSR count). The number of halogens is 1. The summed E-state index contributed by atoms with van der Waals surface area (Å²) in [6.45, 7) is 5.04. The van der Waals surface area contributed by atoms with Gasteiger partial charge in [0.15, 0.2) is 6.61 Å². The zero-order valence-corrected chi connectivity index (χ0v) is 14.3. The molecule has 1 aliphatic heterocycles. The molecule has 23 heavy (non-hydrogen) atoms. The highest BCUT2D eigenvalue weighted by atomic mass is 35.5. The third-order valence-electron chi connectivity index (χ3n) is 3.88. The molecule has 1 aromatic carbocycles. The number of likely N-dealkylation sites (tertiary alicyclic amines) is 1. The second-order valence-corrected chi connectivity index (χ2v) is 6.07. The van der Waals surface area contributed by atoms with Gasteiger partial charge in [-0.3, -0.25) is 9.59 Å². The van der Waals surface area contributed by atoms with Crippen LogP contribution in [-0.4, -0.2) is 43.1 Å². The van der Waals surface area contributed by atoms with Crippen molar-refractivity contribution in [3.05, 3.63) is 28.8 Å². The summed E-state index contributed by atoms with van der Waals surface area (Å²) in [7, 11) is 0. The van der Waals surface area contributed by atoms with E-state index in [0.29, 0.717) is 30.5 Å². The first-order valence-electron chi connectivity index (χ1n) is 7.84. The largest absolute Gasteiger partial charge is 0.483 e. The van der Waals surface area contributed by atoms with Crippen molar-refractivity contribution in [3.8, 4) is 5.75 Å². The third kappa shape index (κ3) is 4.86. The van der Waals surface area contributed by atoms with Gasteiger partial charge in [-0.1, -0.05) is 11.6 Å². The fourth-order valence-electron chi connectivity index (χ4n) is 2.66. The number of amides is 1. The molecule has 1 saturated heterocycles. The predicted octanol–water partition coefficient (Wildman–Crippen LogP) is 2.83. The summed E-state index contributed by atoms with van der Waals surface area (Å²) in [6.07, 6.45) is 1.56. The van der Waals surface area contributed by atoms with Gasteiger partial charge in [0.25, 0.3) is 5.91 Å². The Balaban J connectivity index is 1.88. The first-order chi connectivity index (χ1) is 11.0. The number of aryl methyl sites for hydroxylation is 1. The summed E-state index contributed by atoms with van der Waals surface area (Å²) in [5.41, 5.74) is 0.883. The van der Waals surface area contributed by atoms with Crippen LogP contribution in [0.25, 0.3) is 0 Å². The van der Waals surface area contributed by atoms with Gasteiger partial charge in [-0.2, -0.15) is 0 Å². The van der Waals surface area contributed by atoms with E-state index in [0.717, 1.165) is 18.4 Å². The quantitative estimate of drug-likeness (QED) is 0.774. The normalized spacial score (nSPS) is 17.7. The van der Waals surface area contributed by atoms with Gasteiger partial charge in [0.1, 0.15) is 5.75 Å². The van der Waals surface area contributed by atoms with Gasteiger partial charge in [-0.05, 0) is 50.5 Å². The molecule has 1 atom stereocenters. The topological polar surface area (TPSA) is 55.8 Å². The van der Waals surface area contributed by atoms with E-state index in [1.807, 2.05) is 6.92 Å². The molecular formula is C17H22ClNO4. The van der Waals surface area contributed by atoms with Crippen molar-refractivity contribution in [2.75, 3.05) is 26.3 Å². The molecule has 6 heteroatoms. The van der Waals surface area contributed by atoms with Crippen LogP contribution < -0.4 is 4.74 Å². The first kappa shape index (κ1) is 17.6. The summed E-state index contributed by atoms with van der Waals surface area (Å²) >= 11 is 5.90. The molecule has 0 unspecified atom stereocenters. The predicted molar refractivity (Wildman–Crippen MR) is 87.6 cm³/mol.